The monoisotopic (exact) mass is 343 g/mol. The highest BCUT2D eigenvalue weighted by molar-refractivity contribution is 5.98. The van der Waals surface area contributed by atoms with Gasteiger partial charge in [-0.1, -0.05) is 6.07 Å². The molecule has 132 valence electrons. The van der Waals surface area contributed by atoms with Crippen molar-refractivity contribution in [1.82, 2.24) is 25.2 Å². The molecule has 1 amide bonds. The zero-order valence-electron chi connectivity index (χ0n) is 14.1. The number of rotatable bonds is 5. The molecule has 25 heavy (non-hydrogen) atoms. The Morgan fingerprint density at radius 1 is 1.36 bits per heavy atom. The molecule has 8 heteroatoms. The van der Waals surface area contributed by atoms with Crippen LogP contribution in [0.3, 0.4) is 0 Å². The number of carbonyl (C=O) groups excluding carboxylic acids is 2. The van der Waals surface area contributed by atoms with Gasteiger partial charge < -0.3 is 15.0 Å². The van der Waals surface area contributed by atoms with Gasteiger partial charge in [-0.15, -0.1) is 0 Å². The van der Waals surface area contributed by atoms with Crippen LogP contribution in [-0.4, -0.2) is 57.9 Å². The summed E-state index contributed by atoms with van der Waals surface area (Å²) in [6.07, 6.45) is 4.03. The molecule has 1 aliphatic heterocycles. The summed E-state index contributed by atoms with van der Waals surface area (Å²) in [4.78, 5) is 27.0. The van der Waals surface area contributed by atoms with E-state index in [0.29, 0.717) is 24.3 Å². The third kappa shape index (κ3) is 3.85. The number of aromatic nitrogens is 3. The van der Waals surface area contributed by atoms with E-state index in [1.165, 1.54) is 4.80 Å². The predicted octanol–water partition coefficient (Wildman–Crippen LogP) is 0.764. The summed E-state index contributed by atoms with van der Waals surface area (Å²) in [5, 5.41) is 11.6. The van der Waals surface area contributed by atoms with E-state index in [0.717, 1.165) is 25.1 Å². The van der Waals surface area contributed by atoms with Gasteiger partial charge in [0.05, 0.1) is 23.6 Å². The first-order valence-electron chi connectivity index (χ1n) is 8.27. The summed E-state index contributed by atoms with van der Waals surface area (Å²) in [5.41, 5.74) is 1.85. The van der Waals surface area contributed by atoms with Crippen LogP contribution in [0.1, 0.15) is 29.3 Å². The molecule has 1 atom stereocenters. The molecule has 1 saturated heterocycles. The van der Waals surface area contributed by atoms with Gasteiger partial charge >= 0.3 is 0 Å². The molecule has 0 unspecified atom stereocenters. The fraction of sp³-hybridized carbons (Fsp3) is 0.412. The minimum absolute atomic E-state index is 0.0727. The number of nitrogens with one attached hydrogen (secondary N) is 1. The highest BCUT2D eigenvalue weighted by Gasteiger charge is 2.26. The molecule has 1 aromatic heterocycles. The zero-order valence-corrected chi connectivity index (χ0v) is 14.1. The molecule has 2 aromatic rings. The van der Waals surface area contributed by atoms with Gasteiger partial charge in [-0.05, 0) is 37.6 Å². The second-order valence-corrected chi connectivity index (χ2v) is 5.96. The SMILES string of the molecule is C[C@@H]1CCNCCN1C(=O)c1cc(COC=O)ccc1-n1nccn1. The lowest BCUT2D eigenvalue weighted by molar-refractivity contribution is -0.129. The lowest BCUT2D eigenvalue weighted by atomic mass is 10.1. The number of benzene rings is 1. The molecular formula is C17H21N5O3. The van der Waals surface area contributed by atoms with Crippen molar-refractivity contribution < 1.29 is 14.3 Å². The van der Waals surface area contributed by atoms with Crippen LogP contribution in [0.25, 0.3) is 5.69 Å². The molecule has 8 nitrogen and oxygen atoms in total. The minimum Gasteiger partial charge on any atom is -0.463 e. The lowest BCUT2D eigenvalue weighted by Gasteiger charge is -2.27. The number of nitrogens with zero attached hydrogens (tertiary/aromatic N) is 4. The van der Waals surface area contributed by atoms with Crippen molar-refractivity contribution in [3.63, 3.8) is 0 Å². The second-order valence-electron chi connectivity index (χ2n) is 5.96. The van der Waals surface area contributed by atoms with Crippen LogP contribution in [0.4, 0.5) is 0 Å². The fourth-order valence-electron chi connectivity index (χ4n) is 2.96. The molecule has 0 spiro atoms. The Kier molecular flexibility index (Phi) is 5.39. The predicted molar refractivity (Wildman–Crippen MR) is 90.2 cm³/mol. The zero-order chi connectivity index (χ0) is 17.6. The molecule has 2 heterocycles. The van der Waals surface area contributed by atoms with Gasteiger partial charge in [-0.3, -0.25) is 9.59 Å². The summed E-state index contributed by atoms with van der Waals surface area (Å²) < 4.78 is 4.82. The largest absolute Gasteiger partial charge is 0.463 e. The highest BCUT2D eigenvalue weighted by atomic mass is 16.5. The maximum absolute atomic E-state index is 13.2. The van der Waals surface area contributed by atoms with Gasteiger partial charge in [-0.25, -0.2) is 0 Å². The quantitative estimate of drug-likeness (QED) is 0.807. The molecular weight excluding hydrogens is 322 g/mol. The van der Waals surface area contributed by atoms with Crippen molar-refractivity contribution >= 4 is 12.4 Å². The average Bonchev–Trinajstić information content (AvgIpc) is 3.08. The second kappa shape index (κ2) is 7.89. The Balaban J connectivity index is 1.98. The summed E-state index contributed by atoms with van der Waals surface area (Å²) in [6.45, 7) is 4.86. The normalized spacial score (nSPS) is 17.8. The van der Waals surface area contributed by atoms with Crippen molar-refractivity contribution in [1.29, 1.82) is 0 Å². The number of ether oxygens (including phenoxy) is 1. The van der Waals surface area contributed by atoms with Crippen molar-refractivity contribution in [2.75, 3.05) is 19.6 Å². The van der Waals surface area contributed by atoms with Crippen LogP contribution in [0.2, 0.25) is 0 Å². The van der Waals surface area contributed by atoms with Gasteiger partial charge in [0.25, 0.3) is 12.4 Å². The average molecular weight is 343 g/mol. The summed E-state index contributed by atoms with van der Waals surface area (Å²) in [5.74, 6) is -0.0727. The maximum Gasteiger partial charge on any atom is 0.293 e. The number of amides is 1. The topological polar surface area (TPSA) is 89.4 Å². The first-order valence-corrected chi connectivity index (χ1v) is 8.27. The molecule has 1 aliphatic rings. The Morgan fingerprint density at radius 2 is 2.16 bits per heavy atom. The molecule has 0 bridgehead atoms. The van der Waals surface area contributed by atoms with Crippen LogP contribution in [0.5, 0.6) is 0 Å². The highest BCUT2D eigenvalue weighted by Crippen LogP contribution is 2.20. The summed E-state index contributed by atoms with van der Waals surface area (Å²) in [7, 11) is 0. The van der Waals surface area contributed by atoms with Crippen molar-refractivity contribution in [3.8, 4) is 5.69 Å². The number of hydrogen-bond donors (Lipinski definition) is 1. The van der Waals surface area contributed by atoms with E-state index < -0.39 is 0 Å². The Morgan fingerprint density at radius 3 is 2.92 bits per heavy atom. The molecule has 1 N–H and O–H groups in total. The first-order chi connectivity index (χ1) is 12.2. The van der Waals surface area contributed by atoms with Gasteiger partial charge in [0.15, 0.2) is 0 Å². The van der Waals surface area contributed by atoms with Gasteiger partial charge in [0.2, 0.25) is 0 Å². The van der Waals surface area contributed by atoms with Gasteiger partial charge in [0.1, 0.15) is 6.61 Å². The maximum atomic E-state index is 13.2. The van der Waals surface area contributed by atoms with E-state index in [1.807, 2.05) is 4.90 Å². The number of carbonyl (C=O) groups is 2. The van der Waals surface area contributed by atoms with Crippen LogP contribution >= 0.6 is 0 Å². The van der Waals surface area contributed by atoms with Crippen LogP contribution < -0.4 is 5.32 Å². The Bertz CT molecular complexity index is 732. The van der Waals surface area contributed by atoms with E-state index in [2.05, 4.69) is 22.4 Å². The van der Waals surface area contributed by atoms with Gasteiger partial charge in [-0.2, -0.15) is 15.0 Å². The van der Waals surface area contributed by atoms with Crippen LogP contribution in [-0.2, 0) is 16.1 Å². The number of hydrogen-bond acceptors (Lipinski definition) is 6. The van der Waals surface area contributed by atoms with E-state index in [9.17, 15) is 9.59 Å². The van der Waals surface area contributed by atoms with Crippen molar-refractivity contribution in [3.05, 3.63) is 41.7 Å². The standard InChI is InChI=1S/C17H21N5O3/c1-13-4-5-18-8-9-21(13)17(24)15-10-14(11-25-12-23)2-3-16(15)22-19-6-7-20-22/h2-3,6-7,10,12-13,18H,4-5,8-9,11H2,1H3/t13-/m1/s1. The summed E-state index contributed by atoms with van der Waals surface area (Å²) >= 11 is 0. The minimum atomic E-state index is -0.0727. The van der Waals surface area contributed by atoms with E-state index in [1.54, 1.807) is 30.6 Å². The molecule has 1 fully saturated rings. The van der Waals surface area contributed by atoms with Crippen LogP contribution in [0.15, 0.2) is 30.6 Å². The third-order valence-corrected chi connectivity index (χ3v) is 4.30. The Labute approximate surface area is 145 Å². The fourth-order valence-corrected chi connectivity index (χ4v) is 2.96. The lowest BCUT2D eigenvalue weighted by Crippen LogP contribution is -2.40. The van der Waals surface area contributed by atoms with E-state index in [-0.39, 0.29) is 18.6 Å². The molecule has 0 radical (unpaired) electrons. The van der Waals surface area contributed by atoms with Crippen molar-refractivity contribution in [2.24, 2.45) is 0 Å². The molecule has 0 aliphatic carbocycles. The third-order valence-electron chi connectivity index (χ3n) is 4.30. The molecule has 0 saturated carbocycles. The smallest absolute Gasteiger partial charge is 0.293 e. The van der Waals surface area contributed by atoms with E-state index >= 15 is 0 Å². The van der Waals surface area contributed by atoms with Gasteiger partial charge in [0, 0.05) is 19.1 Å². The van der Waals surface area contributed by atoms with Crippen molar-refractivity contribution in [2.45, 2.75) is 26.0 Å². The first kappa shape index (κ1) is 17.1. The van der Waals surface area contributed by atoms with E-state index in [4.69, 9.17) is 4.74 Å². The van der Waals surface area contributed by atoms with Crippen LogP contribution in [0, 0.1) is 0 Å². The summed E-state index contributed by atoms with van der Waals surface area (Å²) in [6, 6.07) is 5.45. The molecule has 1 aromatic carbocycles. The molecule has 3 rings (SSSR count). The Hall–Kier alpha value is -2.74.